The maximum Gasteiger partial charge on any atom is 0.244 e. The van der Waals surface area contributed by atoms with Crippen LogP contribution in [0.2, 0.25) is 0 Å². The van der Waals surface area contributed by atoms with Gasteiger partial charge in [-0.1, -0.05) is 30.3 Å². The van der Waals surface area contributed by atoms with Gasteiger partial charge in [-0.05, 0) is 18.4 Å². The smallest absolute Gasteiger partial charge is 0.244 e. The molecule has 3 rings (SSSR count). The highest BCUT2D eigenvalue weighted by Crippen LogP contribution is 2.28. The summed E-state index contributed by atoms with van der Waals surface area (Å²) in [5.74, 6) is 1.48. The molecule has 2 N–H and O–H groups in total. The van der Waals surface area contributed by atoms with E-state index in [0.29, 0.717) is 12.5 Å². The van der Waals surface area contributed by atoms with Gasteiger partial charge >= 0.3 is 0 Å². The molecule has 1 aliphatic heterocycles. The number of carbonyl (C=O) groups excluding carboxylic acids is 1. The Morgan fingerprint density at radius 2 is 2.04 bits per heavy atom. The molecule has 1 amide bonds. The van der Waals surface area contributed by atoms with Crippen molar-refractivity contribution in [3.8, 4) is 0 Å². The van der Waals surface area contributed by atoms with Crippen LogP contribution in [0.3, 0.4) is 0 Å². The van der Waals surface area contributed by atoms with E-state index in [1.165, 1.54) is 0 Å². The molecule has 6 heteroatoms. The van der Waals surface area contributed by atoms with Crippen LogP contribution in [-0.4, -0.2) is 47.2 Å². The van der Waals surface area contributed by atoms with Crippen LogP contribution in [-0.2, 0) is 16.1 Å². The molecule has 2 aromatic rings. The minimum absolute atomic E-state index is 0.00683. The number of carbonyl (C=O) groups is 1. The Balaban J connectivity index is 1.58. The molecule has 2 heterocycles. The lowest BCUT2D eigenvalue weighted by atomic mass is 9.95. The van der Waals surface area contributed by atoms with Crippen molar-refractivity contribution in [2.75, 3.05) is 26.8 Å². The number of amides is 1. The second kappa shape index (κ2) is 8.27. The molecule has 0 unspecified atom stereocenters. The maximum absolute atomic E-state index is 12.7. The van der Waals surface area contributed by atoms with Gasteiger partial charge in [0.2, 0.25) is 5.91 Å². The van der Waals surface area contributed by atoms with E-state index in [2.05, 4.69) is 9.55 Å². The Kier molecular flexibility index (Phi) is 5.83. The van der Waals surface area contributed by atoms with E-state index < -0.39 is 6.04 Å². The fourth-order valence-corrected chi connectivity index (χ4v) is 3.42. The molecule has 0 spiro atoms. The fourth-order valence-electron chi connectivity index (χ4n) is 3.42. The highest BCUT2D eigenvalue weighted by Gasteiger charge is 2.29. The van der Waals surface area contributed by atoms with Crippen molar-refractivity contribution in [1.82, 2.24) is 14.5 Å². The first-order valence-corrected chi connectivity index (χ1v) is 8.80. The van der Waals surface area contributed by atoms with Crippen molar-refractivity contribution in [1.29, 1.82) is 0 Å². The molecule has 1 aromatic heterocycles. The zero-order valence-electron chi connectivity index (χ0n) is 14.7. The minimum Gasteiger partial charge on any atom is -0.383 e. The summed E-state index contributed by atoms with van der Waals surface area (Å²) in [6.45, 7) is 2.93. The van der Waals surface area contributed by atoms with Crippen LogP contribution in [0.25, 0.3) is 0 Å². The van der Waals surface area contributed by atoms with Crippen LogP contribution in [0.1, 0.15) is 36.2 Å². The number of hydrogen-bond acceptors (Lipinski definition) is 4. The average Bonchev–Trinajstić information content (AvgIpc) is 3.14. The van der Waals surface area contributed by atoms with Gasteiger partial charge < -0.3 is 19.9 Å². The summed E-state index contributed by atoms with van der Waals surface area (Å²) in [6, 6.07) is 8.98. The van der Waals surface area contributed by atoms with Gasteiger partial charge in [-0.3, -0.25) is 4.79 Å². The second-order valence-electron chi connectivity index (χ2n) is 6.46. The number of methoxy groups -OCH3 is 1. The van der Waals surface area contributed by atoms with Crippen molar-refractivity contribution in [2.45, 2.75) is 31.3 Å². The molecule has 1 aromatic carbocycles. The molecule has 0 aliphatic carbocycles. The number of aromatic nitrogens is 2. The number of piperidine rings is 1. The van der Waals surface area contributed by atoms with E-state index >= 15 is 0 Å². The van der Waals surface area contributed by atoms with E-state index in [9.17, 15) is 4.79 Å². The van der Waals surface area contributed by atoms with Gasteiger partial charge in [-0.15, -0.1) is 0 Å². The van der Waals surface area contributed by atoms with E-state index in [-0.39, 0.29) is 5.91 Å². The van der Waals surface area contributed by atoms with Crippen molar-refractivity contribution in [3.63, 3.8) is 0 Å². The Labute approximate surface area is 148 Å². The largest absolute Gasteiger partial charge is 0.383 e. The summed E-state index contributed by atoms with van der Waals surface area (Å²) in [5.41, 5.74) is 7.02. The third kappa shape index (κ3) is 4.08. The zero-order chi connectivity index (χ0) is 17.6. The van der Waals surface area contributed by atoms with Gasteiger partial charge in [0.1, 0.15) is 11.9 Å². The Morgan fingerprint density at radius 1 is 1.32 bits per heavy atom. The van der Waals surface area contributed by atoms with Crippen LogP contribution in [0.15, 0.2) is 42.7 Å². The first-order valence-electron chi connectivity index (χ1n) is 8.80. The summed E-state index contributed by atoms with van der Waals surface area (Å²) in [6.07, 6.45) is 5.67. The molecule has 0 radical (unpaired) electrons. The number of imidazole rings is 1. The monoisotopic (exact) mass is 342 g/mol. The lowest BCUT2D eigenvalue weighted by Crippen LogP contribution is -2.43. The minimum atomic E-state index is -0.582. The topological polar surface area (TPSA) is 73.4 Å². The Morgan fingerprint density at radius 3 is 2.72 bits per heavy atom. The van der Waals surface area contributed by atoms with Crippen molar-refractivity contribution < 1.29 is 9.53 Å². The standard InChI is InChI=1S/C19H26N4O2/c1-25-14-13-22-12-9-21-18(22)16-7-10-23(11-8-16)19(24)17(20)15-5-3-2-4-6-15/h2-6,9,12,16-17H,7-8,10-11,13-14,20H2,1H3/t17-/m0/s1. The molecule has 1 atom stereocenters. The highest BCUT2D eigenvalue weighted by atomic mass is 16.5. The zero-order valence-corrected chi connectivity index (χ0v) is 14.7. The molecule has 25 heavy (non-hydrogen) atoms. The number of hydrogen-bond donors (Lipinski definition) is 1. The van der Waals surface area contributed by atoms with Crippen LogP contribution in [0.5, 0.6) is 0 Å². The molecular formula is C19H26N4O2. The lowest BCUT2D eigenvalue weighted by molar-refractivity contribution is -0.133. The van der Waals surface area contributed by atoms with Gasteiger partial charge in [0.05, 0.1) is 6.61 Å². The first kappa shape index (κ1) is 17.6. The van der Waals surface area contributed by atoms with E-state index in [1.54, 1.807) is 7.11 Å². The third-order valence-corrected chi connectivity index (χ3v) is 4.88. The number of likely N-dealkylation sites (tertiary alicyclic amines) is 1. The average molecular weight is 342 g/mol. The third-order valence-electron chi connectivity index (χ3n) is 4.88. The number of ether oxygens (including phenoxy) is 1. The molecule has 0 bridgehead atoms. The summed E-state index contributed by atoms with van der Waals surface area (Å²) < 4.78 is 7.31. The molecule has 0 saturated carbocycles. The van der Waals surface area contributed by atoms with E-state index in [1.807, 2.05) is 47.6 Å². The second-order valence-corrected chi connectivity index (χ2v) is 6.46. The quantitative estimate of drug-likeness (QED) is 0.871. The van der Waals surface area contributed by atoms with Gasteiger partial charge in [-0.2, -0.15) is 0 Å². The highest BCUT2D eigenvalue weighted by molar-refractivity contribution is 5.83. The summed E-state index contributed by atoms with van der Waals surface area (Å²) in [5, 5.41) is 0. The Bertz CT molecular complexity index is 678. The van der Waals surface area contributed by atoms with E-state index in [0.717, 1.165) is 43.9 Å². The number of nitrogens with two attached hydrogens (primary N) is 1. The number of nitrogens with zero attached hydrogens (tertiary/aromatic N) is 3. The molecular weight excluding hydrogens is 316 g/mol. The van der Waals surface area contributed by atoms with Gasteiger partial charge in [0.25, 0.3) is 0 Å². The normalized spacial score (nSPS) is 16.8. The number of rotatable bonds is 6. The van der Waals surface area contributed by atoms with Crippen LogP contribution < -0.4 is 5.73 Å². The summed E-state index contributed by atoms with van der Waals surface area (Å²) >= 11 is 0. The Hall–Kier alpha value is -2.18. The summed E-state index contributed by atoms with van der Waals surface area (Å²) in [4.78, 5) is 19.1. The predicted molar refractivity (Wildman–Crippen MR) is 96.0 cm³/mol. The van der Waals surface area contributed by atoms with Gasteiger partial charge in [0, 0.05) is 45.1 Å². The van der Waals surface area contributed by atoms with Crippen molar-refractivity contribution >= 4 is 5.91 Å². The SMILES string of the molecule is COCCn1ccnc1C1CCN(C(=O)[C@@H](N)c2ccccc2)CC1. The summed E-state index contributed by atoms with van der Waals surface area (Å²) in [7, 11) is 1.71. The molecule has 6 nitrogen and oxygen atoms in total. The lowest BCUT2D eigenvalue weighted by Gasteiger charge is -2.33. The van der Waals surface area contributed by atoms with Crippen LogP contribution in [0, 0.1) is 0 Å². The van der Waals surface area contributed by atoms with Gasteiger partial charge in [0.15, 0.2) is 0 Å². The van der Waals surface area contributed by atoms with Crippen molar-refractivity contribution in [3.05, 3.63) is 54.1 Å². The molecule has 1 aliphatic rings. The fraction of sp³-hybridized carbons (Fsp3) is 0.474. The number of benzene rings is 1. The maximum atomic E-state index is 12.7. The van der Waals surface area contributed by atoms with E-state index in [4.69, 9.17) is 10.5 Å². The van der Waals surface area contributed by atoms with Crippen LogP contribution >= 0.6 is 0 Å². The van der Waals surface area contributed by atoms with Crippen LogP contribution in [0.4, 0.5) is 0 Å². The first-order chi connectivity index (χ1) is 12.2. The molecule has 1 fully saturated rings. The predicted octanol–water partition coefficient (Wildman–Crippen LogP) is 1.94. The molecule has 1 saturated heterocycles. The molecule has 134 valence electrons. The van der Waals surface area contributed by atoms with Gasteiger partial charge in [-0.25, -0.2) is 4.98 Å². The van der Waals surface area contributed by atoms with Crippen molar-refractivity contribution in [2.24, 2.45) is 5.73 Å².